The zero-order valence-electron chi connectivity index (χ0n) is 13.5. The lowest BCUT2D eigenvalue weighted by atomic mass is 9.88. The number of hydrogen-bond donors (Lipinski definition) is 2. The molecular formula is C22H21NO. The summed E-state index contributed by atoms with van der Waals surface area (Å²) in [5.41, 5.74) is 11.7. The van der Waals surface area contributed by atoms with Crippen LogP contribution in [-0.4, -0.2) is 11.7 Å². The lowest BCUT2D eigenvalue weighted by molar-refractivity contribution is 0.475. The molecule has 0 aliphatic heterocycles. The fourth-order valence-electron chi connectivity index (χ4n) is 2.95. The average Bonchev–Trinajstić information content (AvgIpc) is 2.64. The van der Waals surface area contributed by atoms with Crippen LogP contribution in [0.5, 0.6) is 5.75 Å². The van der Waals surface area contributed by atoms with Gasteiger partial charge in [-0.3, -0.25) is 0 Å². The molecule has 120 valence electrons. The van der Waals surface area contributed by atoms with Crippen LogP contribution in [0.4, 0.5) is 0 Å². The van der Waals surface area contributed by atoms with Crippen LogP contribution < -0.4 is 5.73 Å². The van der Waals surface area contributed by atoms with Crippen molar-refractivity contribution in [3.05, 3.63) is 102 Å². The standard InChI is InChI=1S/C22H21NO/c23-16-15-21(17-7-3-1-4-8-17)22(18-9-5-2-6-10-18)19-11-13-20(24)14-12-19/h1-14,24H,15-16,23H2/b22-21-. The quantitative estimate of drug-likeness (QED) is 0.670. The Morgan fingerprint density at radius 3 is 1.71 bits per heavy atom. The van der Waals surface area contributed by atoms with E-state index < -0.39 is 0 Å². The minimum absolute atomic E-state index is 0.270. The number of phenolic OH excluding ortho intramolecular Hbond substituents is 1. The number of rotatable bonds is 5. The van der Waals surface area contributed by atoms with E-state index >= 15 is 0 Å². The largest absolute Gasteiger partial charge is 0.508 e. The van der Waals surface area contributed by atoms with Gasteiger partial charge in [-0.1, -0.05) is 72.8 Å². The lowest BCUT2D eigenvalue weighted by Crippen LogP contribution is -2.03. The highest BCUT2D eigenvalue weighted by atomic mass is 16.3. The zero-order chi connectivity index (χ0) is 16.8. The monoisotopic (exact) mass is 315 g/mol. The molecule has 3 N–H and O–H groups in total. The van der Waals surface area contributed by atoms with E-state index in [1.165, 1.54) is 11.1 Å². The van der Waals surface area contributed by atoms with Crippen LogP contribution in [0.3, 0.4) is 0 Å². The average molecular weight is 315 g/mol. The van der Waals surface area contributed by atoms with E-state index in [1.54, 1.807) is 12.1 Å². The molecule has 3 rings (SSSR count). The fraction of sp³-hybridized carbons (Fsp3) is 0.0909. The Labute approximate surface area is 142 Å². The Bertz CT molecular complexity index is 806. The van der Waals surface area contributed by atoms with Gasteiger partial charge in [0.15, 0.2) is 0 Å². The molecule has 0 spiro atoms. The van der Waals surface area contributed by atoms with Crippen molar-refractivity contribution in [3.8, 4) is 5.75 Å². The molecule has 3 aromatic carbocycles. The molecule has 0 bridgehead atoms. The molecule has 0 saturated carbocycles. The summed E-state index contributed by atoms with van der Waals surface area (Å²) in [6.07, 6.45) is 0.787. The van der Waals surface area contributed by atoms with E-state index in [4.69, 9.17) is 5.73 Å². The summed E-state index contributed by atoms with van der Waals surface area (Å²) in [5, 5.41) is 9.63. The van der Waals surface area contributed by atoms with Gasteiger partial charge >= 0.3 is 0 Å². The summed E-state index contributed by atoms with van der Waals surface area (Å²) in [6.45, 7) is 0.582. The van der Waals surface area contributed by atoms with E-state index in [9.17, 15) is 5.11 Å². The maximum Gasteiger partial charge on any atom is 0.115 e. The SMILES string of the molecule is NCC/C(=C(\c1ccccc1)c1ccc(O)cc1)c1ccccc1. The second kappa shape index (κ2) is 7.62. The van der Waals surface area contributed by atoms with Crippen LogP contribution in [0.15, 0.2) is 84.9 Å². The molecule has 0 heterocycles. The first-order chi connectivity index (χ1) is 11.8. The molecule has 24 heavy (non-hydrogen) atoms. The second-order valence-corrected chi connectivity index (χ2v) is 5.67. The summed E-state index contributed by atoms with van der Waals surface area (Å²) in [5.74, 6) is 0.270. The van der Waals surface area contributed by atoms with E-state index in [0.717, 1.165) is 23.1 Å². The predicted molar refractivity (Wildman–Crippen MR) is 101 cm³/mol. The van der Waals surface area contributed by atoms with Gasteiger partial charge < -0.3 is 10.8 Å². The van der Waals surface area contributed by atoms with Crippen molar-refractivity contribution in [2.45, 2.75) is 6.42 Å². The van der Waals surface area contributed by atoms with Gasteiger partial charge in [0.2, 0.25) is 0 Å². The fourth-order valence-corrected chi connectivity index (χ4v) is 2.95. The van der Waals surface area contributed by atoms with Crippen LogP contribution in [-0.2, 0) is 0 Å². The third kappa shape index (κ3) is 3.55. The zero-order valence-corrected chi connectivity index (χ0v) is 13.5. The van der Waals surface area contributed by atoms with Gasteiger partial charge in [-0.15, -0.1) is 0 Å². The number of hydrogen-bond acceptors (Lipinski definition) is 2. The Morgan fingerprint density at radius 2 is 1.17 bits per heavy atom. The third-order valence-corrected chi connectivity index (χ3v) is 4.04. The normalized spacial score (nSPS) is 11.9. The van der Waals surface area contributed by atoms with Crippen LogP contribution in [0.1, 0.15) is 23.1 Å². The highest BCUT2D eigenvalue weighted by molar-refractivity contribution is 5.98. The molecule has 0 saturated heterocycles. The van der Waals surface area contributed by atoms with Crippen molar-refractivity contribution in [1.82, 2.24) is 0 Å². The van der Waals surface area contributed by atoms with Crippen molar-refractivity contribution < 1.29 is 5.11 Å². The summed E-state index contributed by atoms with van der Waals surface area (Å²) < 4.78 is 0. The summed E-state index contributed by atoms with van der Waals surface area (Å²) in [6, 6.07) is 28.0. The van der Waals surface area contributed by atoms with E-state index in [-0.39, 0.29) is 5.75 Å². The molecule has 0 aliphatic carbocycles. The van der Waals surface area contributed by atoms with Crippen molar-refractivity contribution in [1.29, 1.82) is 0 Å². The summed E-state index contributed by atoms with van der Waals surface area (Å²) in [4.78, 5) is 0. The molecule has 2 nitrogen and oxygen atoms in total. The number of aromatic hydroxyl groups is 1. The molecule has 2 heteroatoms. The van der Waals surface area contributed by atoms with Gasteiger partial charge in [-0.2, -0.15) is 0 Å². The van der Waals surface area contributed by atoms with Gasteiger partial charge in [0.05, 0.1) is 0 Å². The molecule has 0 aliphatic rings. The summed E-state index contributed by atoms with van der Waals surface area (Å²) >= 11 is 0. The summed E-state index contributed by atoms with van der Waals surface area (Å²) in [7, 11) is 0. The van der Waals surface area contributed by atoms with Crippen molar-refractivity contribution in [3.63, 3.8) is 0 Å². The molecule has 0 aromatic heterocycles. The molecule has 0 atom stereocenters. The van der Waals surface area contributed by atoms with Gasteiger partial charge in [0.1, 0.15) is 5.75 Å². The van der Waals surface area contributed by atoms with Crippen molar-refractivity contribution >= 4 is 11.1 Å². The molecule has 3 aromatic rings. The maximum atomic E-state index is 9.63. The van der Waals surface area contributed by atoms with Gasteiger partial charge in [-0.05, 0) is 52.9 Å². The van der Waals surface area contributed by atoms with Crippen LogP contribution in [0.2, 0.25) is 0 Å². The number of phenols is 1. The smallest absolute Gasteiger partial charge is 0.115 e. The lowest BCUT2D eigenvalue weighted by Gasteiger charge is -2.17. The van der Waals surface area contributed by atoms with E-state index in [1.807, 2.05) is 48.5 Å². The molecule has 0 radical (unpaired) electrons. The highest BCUT2D eigenvalue weighted by Crippen LogP contribution is 2.34. The first-order valence-electron chi connectivity index (χ1n) is 8.13. The van der Waals surface area contributed by atoms with E-state index in [2.05, 4.69) is 24.3 Å². The Hall–Kier alpha value is -2.84. The van der Waals surface area contributed by atoms with Gasteiger partial charge in [0.25, 0.3) is 0 Å². The first-order valence-corrected chi connectivity index (χ1v) is 8.13. The Balaban J connectivity index is 2.26. The second-order valence-electron chi connectivity index (χ2n) is 5.67. The first kappa shape index (κ1) is 16.0. The molecule has 0 amide bonds. The van der Waals surface area contributed by atoms with Gasteiger partial charge in [0, 0.05) is 0 Å². The third-order valence-electron chi connectivity index (χ3n) is 4.04. The van der Waals surface area contributed by atoms with Crippen LogP contribution in [0, 0.1) is 0 Å². The number of benzene rings is 3. The Kier molecular flexibility index (Phi) is 5.09. The minimum atomic E-state index is 0.270. The van der Waals surface area contributed by atoms with Crippen molar-refractivity contribution in [2.75, 3.05) is 6.54 Å². The number of nitrogens with two attached hydrogens (primary N) is 1. The van der Waals surface area contributed by atoms with Crippen LogP contribution in [0.25, 0.3) is 11.1 Å². The molecule has 0 unspecified atom stereocenters. The predicted octanol–water partition coefficient (Wildman–Crippen LogP) is 4.70. The Morgan fingerprint density at radius 1 is 0.667 bits per heavy atom. The van der Waals surface area contributed by atoms with Crippen molar-refractivity contribution in [2.24, 2.45) is 5.73 Å². The topological polar surface area (TPSA) is 46.2 Å². The van der Waals surface area contributed by atoms with Crippen LogP contribution >= 0.6 is 0 Å². The van der Waals surface area contributed by atoms with E-state index in [0.29, 0.717) is 6.54 Å². The minimum Gasteiger partial charge on any atom is -0.508 e. The molecule has 0 fully saturated rings. The highest BCUT2D eigenvalue weighted by Gasteiger charge is 2.13. The molecular weight excluding hydrogens is 294 g/mol. The maximum absolute atomic E-state index is 9.63. The van der Waals surface area contributed by atoms with Gasteiger partial charge in [-0.25, -0.2) is 0 Å².